The van der Waals surface area contributed by atoms with Gasteiger partial charge >= 0.3 is 5.69 Å². The van der Waals surface area contributed by atoms with Gasteiger partial charge in [-0.1, -0.05) is 0 Å². The van der Waals surface area contributed by atoms with Gasteiger partial charge in [0, 0.05) is 24.7 Å². The molecule has 0 aliphatic carbocycles. The highest BCUT2D eigenvalue weighted by Crippen LogP contribution is 2.38. The summed E-state index contributed by atoms with van der Waals surface area (Å²) in [5, 5.41) is 22.0. The van der Waals surface area contributed by atoms with Gasteiger partial charge in [-0.3, -0.25) is 20.2 Å². The van der Waals surface area contributed by atoms with E-state index in [1.807, 2.05) is 4.90 Å². The van der Waals surface area contributed by atoms with Crippen LogP contribution in [0.15, 0.2) is 17.1 Å². The Hall–Kier alpha value is -2.71. The van der Waals surface area contributed by atoms with Crippen LogP contribution < -0.4 is 4.74 Å². The predicted molar refractivity (Wildman–Crippen MR) is 72.3 cm³/mol. The molecule has 1 fully saturated rings. The van der Waals surface area contributed by atoms with Crippen LogP contribution in [-0.2, 0) is 6.54 Å². The van der Waals surface area contributed by atoms with Gasteiger partial charge < -0.3 is 9.64 Å². The maximum atomic E-state index is 11.1. The lowest BCUT2D eigenvalue weighted by molar-refractivity contribution is -0.394. The van der Waals surface area contributed by atoms with E-state index in [0.29, 0.717) is 11.6 Å². The monoisotopic (exact) mass is 292 g/mol. The summed E-state index contributed by atoms with van der Waals surface area (Å²) in [4.78, 5) is 26.8. The molecule has 0 radical (unpaired) electrons. The number of nitrogens with zero attached hydrogens (tertiary/aromatic N) is 4. The molecule has 1 aromatic rings. The Labute approximate surface area is 119 Å². The molecule has 21 heavy (non-hydrogen) atoms. The number of benzene rings is 1. The molecule has 2 heterocycles. The van der Waals surface area contributed by atoms with E-state index in [4.69, 9.17) is 4.74 Å². The van der Waals surface area contributed by atoms with E-state index < -0.39 is 15.5 Å². The third-order valence-corrected chi connectivity index (χ3v) is 3.49. The highest BCUT2D eigenvalue weighted by atomic mass is 16.6. The van der Waals surface area contributed by atoms with Crippen molar-refractivity contribution in [2.45, 2.75) is 19.4 Å². The van der Waals surface area contributed by atoms with E-state index in [1.165, 1.54) is 6.07 Å². The van der Waals surface area contributed by atoms with Crippen molar-refractivity contribution in [1.29, 1.82) is 0 Å². The number of hydrogen-bond donors (Lipinski definition) is 0. The van der Waals surface area contributed by atoms with Gasteiger partial charge in [0.1, 0.15) is 0 Å². The maximum Gasteiger partial charge on any atom is 0.318 e. The molecule has 2 aliphatic heterocycles. The Morgan fingerprint density at radius 1 is 1.14 bits per heavy atom. The third kappa shape index (κ3) is 2.37. The first kappa shape index (κ1) is 13.3. The molecular formula is C12H12N4O5. The Balaban J connectivity index is 1.99. The molecule has 9 nitrogen and oxygen atoms in total. The average Bonchev–Trinajstić information content (AvgIpc) is 2.99. The minimum atomic E-state index is -0.668. The van der Waals surface area contributed by atoms with Crippen LogP contribution in [0.1, 0.15) is 18.4 Å². The van der Waals surface area contributed by atoms with Gasteiger partial charge in [-0.25, -0.2) is 4.99 Å². The second-order valence-corrected chi connectivity index (χ2v) is 4.86. The zero-order chi connectivity index (χ0) is 15.0. The van der Waals surface area contributed by atoms with Crippen molar-refractivity contribution in [2.75, 3.05) is 13.1 Å². The first-order chi connectivity index (χ1) is 10.1. The van der Waals surface area contributed by atoms with E-state index in [-0.39, 0.29) is 18.0 Å². The Morgan fingerprint density at radius 3 is 2.48 bits per heavy atom. The minimum absolute atomic E-state index is 0.0579. The van der Waals surface area contributed by atoms with Crippen molar-refractivity contribution in [3.8, 4) is 5.75 Å². The second kappa shape index (κ2) is 5.00. The van der Waals surface area contributed by atoms with Crippen molar-refractivity contribution in [3.05, 3.63) is 37.9 Å². The normalized spacial score (nSPS) is 17.0. The second-order valence-electron chi connectivity index (χ2n) is 4.86. The summed E-state index contributed by atoms with van der Waals surface area (Å²) < 4.78 is 5.55. The Bertz CT molecular complexity index is 651. The third-order valence-electron chi connectivity index (χ3n) is 3.49. The number of amidine groups is 1. The van der Waals surface area contributed by atoms with Crippen LogP contribution in [0.25, 0.3) is 0 Å². The lowest BCUT2D eigenvalue weighted by Crippen LogP contribution is -2.34. The largest absolute Gasteiger partial charge is 0.418 e. The van der Waals surface area contributed by atoms with Crippen molar-refractivity contribution >= 4 is 17.4 Å². The van der Waals surface area contributed by atoms with Crippen LogP contribution in [0.2, 0.25) is 0 Å². The molecule has 1 aromatic carbocycles. The molecule has 0 N–H and O–H groups in total. The number of likely N-dealkylation sites (tertiary alicyclic amines) is 1. The van der Waals surface area contributed by atoms with E-state index in [2.05, 4.69) is 4.99 Å². The predicted octanol–water partition coefficient (Wildman–Crippen LogP) is 1.85. The van der Waals surface area contributed by atoms with Crippen LogP contribution in [0.3, 0.4) is 0 Å². The number of rotatable bonds is 2. The highest BCUT2D eigenvalue weighted by molar-refractivity contribution is 5.80. The summed E-state index contributed by atoms with van der Waals surface area (Å²) in [6.45, 7) is 1.74. The summed E-state index contributed by atoms with van der Waals surface area (Å²) in [5.41, 5.74) is -0.367. The fourth-order valence-electron chi connectivity index (χ4n) is 2.48. The number of fused-ring (bicyclic) bond motifs is 1. The van der Waals surface area contributed by atoms with Crippen molar-refractivity contribution in [1.82, 2.24) is 4.90 Å². The fourth-order valence-corrected chi connectivity index (χ4v) is 2.48. The first-order valence-electron chi connectivity index (χ1n) is 6.49. The van der Waals surface area contributed by atoms with E-state index in [9.17, 15) is 20.2 Å². The van der Waals surface area contributed by atoms with Gasteiger partial charge in [0.05, 0.1) is 22.5 Å². The molecule has 3 rings (SSSR count). The fraction of sp³-hybridized carbons (Fsp3) is 0.417. The number of nitro benzene ring substituents is 2. The smallest absolute Gasteiger partial charge is 0.318 e. The van der Waals surface area contributed by atoms with Gasteiger partial charge in [0.25, 0.3) is 11.7 Å². The van der Waals surface area contributed by atoms with Crippen LogP contribution in [0.4, 0.5) is 11.4 Å². The lowest BCUT2D eigenvalue weighted by atomic mass is 10.1. The van der Waals surface area contributed by atoms with E-state index in [0.717, 1.165) is 32.0 Å². The van der Waals surface area contributed by atoms with Crippen LogP contribution in [-0.4, -0.2) is 33.9 Å². The minimum Gasteiger partial charge on any atom is -0.418 e. The highest BCUT2D eigenvalue weighted by Gasteiger charge is 2.31. The molecule has 0 saturated carbocycles. The van der Waals surface area contributed by atoms with Crippen molar-refractivity contribution in [3.63, 3.8) is 0 Å². The van der Waals surface area contributed by atoms with Crippen molar-refractivity contribution < 1.29 is 14.6 Å². The van der Waals surface area contributed by atoms with Gasteiger partial charge in [-0.15, -0.1) is 0 Å². The molecule has 2 aliphatic rings. The number of hydrogen-bond acceptors (Lipinski definition) is 7. The molecule has 9 heteroatoms. The standard InChI is InChI=1S/C12H12N4O5/c17-15(18)9-5-8-7-13-12(14-3-1-2-4-14)21-11(8)10(6-9)16(19)20/h5-6H,1-4,7H2. The van der Waals surface area contributed by atoms with Gasteiger partial charge in [0.2, 0.25) is 5.75 Å². The van der Waals surface area contributed by atoms with Gasteiger partial charge in [0.15, 0.2) is 0 Å². The zero-order valence-electron chi connectivity index (χ0n) is 11.0. The van der Waals surface area contributed by atoms with Gasteiger partial charge in [-0.05, 0) is 12.8 Å². The average molecular weight is 292 g/mol. The number of nitro groups is 2. The van der Waals surface area contributed by atoms with Crippen LogP contribution in [0.5, 0.6) is 5.75 Å². The summed E-state index contributed by atoms with van der Waals surface area (Å²) in [5.74, 6) is 0.0579. The summed E-state index contributed by atoms with van der Waals surface area (Å²) in [6, 6.07) is 2.55. The lowest BCUT2D eigenvalue weighted by Gasteiger charge is -2.23. The summed E-state index contributed by atoms with van der Waals surface area (Å²) in [7, 11) is 0. The quantitative estimate of drug-likeness (QED) is 0.607. The van der Waals surface area contributed by atoms with Crippen molar-refractivity contribution in [2.24, 2.45) is 4.99 Å². The summed E-state index contributed by atoms with van der Waals surface area (Å²) >= 11 is 0. The Kier molecular flexibility index (Phi) is 3.16. The van der Waals surface area contributed by atoms with E-state index >= 15 is 0 Å². The van der Waals surface area contributed by atoms with Gasteiger partial charge in [-0.2, -0.15) is 0 Å². The maximum absolute atomic E-state index is 11.1. The molecule has 0 bridgehead atoms. The molecule has 0 atom stereocenters. The molecule has 0 aromatic heterocycles. The number of ether oxygens (including phenoxy) is 1. The molecular weight excluding hydrogens is 280 g/mol. The molecule has 0 amide bonds. The van der Waals surface area contributed by atoms with Crippen LogP contribution in [0, 0.1) is 20.2 Å². The molecule has 110 valence electrons. The number of non-ortho nitro benzene ring substituents is 1. The number of aliphatic imine (C=N–C) groups is 1. The summed E-state index contributed by atoms with van der Waals surface area (Å²) in [6.07, 6.45) is 2.05. The topological polar surface area (TPSA) is 111 Å². The Morgan fingerprint density at radius 2 is 1.86 bits per heavy atom. The molecule has 1 saturated heterocycles. The molecule has 0 spiro atoms. The van der Waals surface area contributed by atoms with Crippen LogP contribution >= 0.6 is 0 Å². The first-order valence-corrected chi connectivity index (χ1v) is 6.49. The zero-order valence-corrected chi connectivity index (χ0v) is 11.0. The molecule has 0 unspecified atom stereocenters. The van der Waals surface area contributed by atoms with E-state index in [1.54, 1.807) is 0 Å². The SMILES string of the molecule is O=[N+]([O-])c1cc2c(c([N+](=O)[O-])c1)OC(N1CCCC1)=NC2.